The minimum Gasteiger partial charge on any atom is -0.481 e. The first-order chi connectivity index (χ1) is 10.0. The molecule has 0 spiro atoms. The summed E-state index contributed by atoms with van der Waals surface area (Å²) < 4.78 is 0.680. The molecule has 1 heterocycles. The van der Waals surface area contributed by atoms with Crippen molar-refractivity contribution in [3.8, 4) is 0 Å². The molecule has 0 aliphatic heterocycles. The Labute approximate surface area is 132 Å². The zero-order chi connectivity index (χ0) is 15.3. The lowest BCUT2D eigenvalue weighted by Crippen LogP contribution is -2.47. The van der Waals surface area contributed by atoms with Crippen molar-refractivity contribution in [2.75, 3.05) is 6.54 Å². The number of hydrogen-bond donors (Lipinski definition) is 3. The molecule has 1 aliphatic carbocycles. The quantitative estimate of drug-likeness (QED) is 0.775. The molecule has 0 bridgehead atoms. The van der Waals surface area contributed by atoms with Crippen LogP contribution in [0.4, 0.5) is 4.79 Å². The average molecular weight is 331 g/mol. The fourth-order valence-corrected chi connectivity index (χ4v) is 3.65. The predicted octanol–water partition coefficient (Wildman–Crippen LogP) is 3.24. The Morgan fingerprint density at radius 3 is 2.52 bits per heavy atom. The van der Waals surface area contributed by atoms with Gasteiger partial charge in [0.1, 0.15) is 0 Å². The zero-order valence-corrected chi connectivity index (χ0v) is 13.2. The maximum absolute atomic E-state index is 11.8. The van der Waals surface area contributed by atoms with E-state index in [0.29, 0.717) is 23.7 Å². The normalized spacial score (nSPS) is 17.2. The molecule has 0 radical (unpaired) electrons. The number of carboxylic acids is 1. The Balaban J connectivity index is 1.80. The van der Waals surface area contributed by atoms with Crippen molar-refractivity contribution in [2.24, 2.45) is 5.41 Å². The molecule has 21 heavy (non-hydrogen) atoms. The number of halogens is 1. The Hall–Kier alpha value is -1.27. The molecule has 7 heteroatoms. The molecule has 2 amide bonds. The molecular weight excluding hydrogens is 312 g/mol. The summed E-state index contributed by atoms with van der Waals surface area (Å²) in [6.45, 7) is 0.572. The summed E-state index contributed by atoms with van der Waals surface area (Å²) in [5.41, 5.74) is -0.804. The molecule has 1 aromatic heterocycles. The summed E-state index contributed by atoms with van der Waals surface area (Å²) in [7, 11) is 0. The lowest BCUT2D eigenvalue weighted by Gasteiger charge is -2.33. The van der Waals surface area contributed by atoms with E-state index < -0.39 is 11.4 Å². The summed E-state index contributed by atoms with van der Waals surface area (Å²) in [6, 6.07) is 3.29. The number of amides is 2. The first-order valence-corrected chi connectivity index (χ1v) is 8.21. The summed E-state index contributed by atoms with van der Waals surface area (Å²) in [5.74, 6) is -0.812. The number of urea groups is 1. The fourth-order valence-electron chi connectivity index (χ4n) is 2.62. The largest absolute Gasteiger partial charge is 0.481 e. The van der Waals surface area contributed by atoms with Crippen LogP contribution in [0.5, 0.6) is 0 Å². The standard InChI is InChI=1S/C14H19ClN2O3S/c15-11-5-4-10(21-11)8-16-13(20)17-9-14(12(18)19)6-2-1-3-7-14/h4-5H,1-3,6-9H2,(H,18,19)(H2,16,17,20). The predicted molar refractivity (Wildman–Crippen MR) is 82.7 cm³/mol. The van der Waals surface area contributed by atoms with Crippen LogP contribution in [0.15, 0.2) is 12.1 Å². The molecular formula is C14H19ClN2O3S. The number of hydrogen-bond acceptors (Lipinski definition) is 3. The summed E-state index contributed by atoms with van der Waals surface area (Å²) >= 11 is 7.23. The van der Waals surface area contributed by atoms with Gasteiger partial charge >= 0.3 is 12.0 Å². The van der Waals surface area contributed by atoms with Gasteiger partial charge in [0, 0.05) is 11.4 Å². The first kappa shape index (κ1) is 16.1. The van der Waals surface area contributed by atoms with Crippen LogP contribution in [0.25, 0.3) is 0 Å². The van der Waals surface area contributed by atoms with Gasteiger partial charge in [0.05, 0.1) is 16.3 Å². The van der Waals surface area contributed by atoms with E-state index in [2.05, 4.69) is 10.6 Å². The lowest BCUT2D eigenvalue weighted by atomic mass is 9.74. The highest BCUT2D eigenvalue weighted by Crippen LogP contribution is 2.35. The number of carbonyl (C=O) groups excluding carboxylic acids is 1. The van der Waals surface area contributed by atoms with Gasteiger partial charge < -0.3 is 15.7 Å². The molecule has 1 aromatic rings. The molecule has 3 N–H and O–H groups in total. The second-order valence-electron chi connectivity index (χ2n) is 5.39. The van der Waals surface area contributed by atoms with Gasteiger partial charge in [-0.3, -0.25) is 4.79 Å². The van der Waals surface area contributed by atoms with Gasteiger partial charge in [-0.1, -0.05) is 30.9 Å². The number of thiophene rings is 1. The molecule has 0 unspecified atom stereocenters. The van der Waals surface area contributed by atoms with E-state index in [-0.39, 0.29) is 12.6 Å². The molecule has 0 saturated heterocycles. The van der Waals surface area contributed by atoms with Crippen LogP contribution in [-0.4, -0.2) is 23.7 Å². The van der Waals surface area contributed by atoms with Crippen molar-refractivity contribution in [1.29, 1.82) is 0 Å². The monoisotopic (exact) mass is 330 g/mol. The van der Waals surface area contributed by atoms with Gasteiger partial charge in [0.15, 0.2) is 0 Å². The summed E-state index contributed by atoms with van der Waals surface area (Å²) in [5, 5.41) is 14.8. The second-order valence-corrected chi connectivity index (χ2v) is 7.19. The molecule has 0 atom stereocenters. The first-order valence-electron chi connectivity index (χ1n) is 7.01. The Bertz CT molecular complexity index is 512. The Morgan fingerprint density at radius 1 is 1.24 bits per heavy atom. The van der Waals surface area contributed by atoms with E-state index in [1.807, 2.05) is 6.07 Å². The number of nitrogens with one attached hydrogen (secondary N) is 2. The van der Waals surface area contributed by atoms with E-state index in [9.17, 15) is 14.7 Å². The van der Waals surface area contributed by atoms with Crippen molar-refractivity contribution in [1.82, 2.24) is 10.6 Å². The van der Waals surface area contributed by atoms with Gasteiger partial charge in [-0.05, 0) is 25.0 Å². The van der Waals surface area contributed by atoms with Gasteiger partial charge in [-0.15, -0.1) is 11.3 Å². The van der Waals surface area contributed by atoms with Gasteiger partial charge in [-0.2, -0.15) is 0 Å². The third kappa shape index (κ3) is 4.35. The highest BCUT2D eigenvalue weighted by atomic mass is 35.5. The molecule has 116 valence electrons. The van der Waals surface area contributed by atoms with Crippen molar-refractivity contribution < 1.29 is 14.7 Å². The molecule has 2 rings (SSSR count). The van der Waals surface area contributed by atoms with Crippen LogP contribution >= 0.6 is 22.9 Å². The number of carboxylic acid groups (broad SMARTS) is 1. The highest BCUT2D eigenvalue weighted by molar-refractivity contribution is 7.16. The summed E-state index contributed by atoms with van der Waals surface area (Å²) in [4.78, 5) is 24.2. The third-order valence-electron chi connectivity index (χ3n) is 3.90. The highest BCUT2D eigenvalue weighted by Gasteiger charge is 2.39. The average Bonchev–Trinajstić information content (AvgIpc) is 2.89. The van der Waals surface area contributed by atoms with Crippen LogP contribution < -0.4 is 10.6 Å². The van der Waals surface area contributed by atoms with Crippen LogP contribution in [-0.2, 0) is 11.3 Å². The molecule has 1 fully saturated rings. The minimum atomic E-state index is -0.812. The van der Waals surface area contributed by atoms with E-state index in [4.69, 9.17) is 11.6 Å². The van der Waals surface area contributed by atoms with Crippen LogP contribution in [0.1, 0.15) is 37.0 Å². The van der Waals surface area contributed by atoms with Crippen LogP contribution in [0, 0.1) is 5.41 Å². The molecule has 1 aliphatic rings. The zero-order valence-electron chi connectivity index (χ0n) is 11.7. The Kier molecular flexibility index (Phi) is 5.47. The van der Waals surface area contributed by atoms with Crippen molar-refractivity contribution in [3.63, 3.8) is 0 Å². The Morgan fingerprint density at radius 2 is 1.95 bits per heavy atom. The van der Waals surface area contributed by atoms with Crippen LogP contribution in [0.3, 0.4) is 0 Å². The van der Waals surface area contributed by atoms with E-state index in [1.165, 1.54) is 11.3 Å². The van der Waals surface area contributed by atoms with Crippen molar-refractivity contribution in [2.45, 2.75) is 38.6 Å². The topological polar surface area (TPSA) is 78.4 Å². The molecule has 5 nitrogen and oxygen atoms in total. The molecule has 0 aromatic carbocycles. The van der Waals surface area contributed by atoms with E-state index >= 15 is 0 Å². The number of aliphatic carboxylic acids is 1. The fraction of sp³-hybridized carbons (Fsp3) is 0.571. The third-order valence-corrected chi connectivity index (χ3v) is 5.13. The second kappa shape index (κ2) is 7.13. The minimum absolute atomic E-state index is 0.180. The molecule has 1 saturated carbocycles. The van der Waals surface area contributed by atoms with Gasteiger partial charge in [0.25, 0.3) is 0 Å². The summed E-state index contributed by atoms with van der Waals surface area (Å²) in [6.07, 6.45) is 4.14. The lowest BCUT2D eigenvalue weighted by molar-refractivity contribution is -0.150. The van der Waals surface area contributed by atoms with E-state index in [1.54, 1.807) is 6.07 Å². The van der Waals surface area contributed by atoms with Crippen LogP contribution in [0.2, 0.25) is 4.34 Å². The number of rotatable bonds is 5. The van der Waals surface area contributed by atoms with Crippen molar-refractivity contribution >= 4 is 34.9 Å². The van der Waals surface area contributed by atoms with Gasteiger partial charge in [0.2, 0.25) is 0 Å². The van der Waals surface area contributed by atoms with Gasteiger partial charge in [-0.25, -0.2) is 4.79 Å². The maximum Gasteiger partial charge on any atom is 0.315 e. The van der Waals surface area contributed by atoms with E-state index in [0.717, 1.165) is 24.1 Å². The van der Waals surface area contributed by atoms with Crippen molar-refractivity contribution in [3.05, 3.63) is 21.3 Å². The maximum atomic E-state index is 11.8. The SMILES string of the molecule is O=C(NCc1ccc(Cl)s1)NCC1(C(=O)O)CCCCC1. The smallest absolute Gasteiger partial charge is 0.315 e. The number of carbonyl (C=O) groups is 2.